The van der Waals surface area contributed by atoms with E-state index in [1.165, 1.54) is 71.6 Å². The Kier molecular flexibility index (Phi) is 7.15. The second-order valence-corrected chi connectivity index (χ2v) is 15.8. The van der Waals surface area contributed by atoms with Gasteiger partial charge in [-0.3, -0.25) is 0 Å². The summed E-state index contributed by atoms with van der Waals surface area (Å²) < 4.78 is 6.55. The van der Waals surface area contributed by atoms with Gasteiger partial charge in [0.2, 0.25) is 0 Å². The van der Waals surface area contributed by atoms with Crippen molar-refractivity contribution in [1.82, 2.24) is 0 Å². The molecule has 0 fully saturated rings. The smallest absolute Gasteiger partial charge is 0.137 e. The number of aryl methyl sites for hydroxylation is 1. The molecule has 1 aliphatic carbocycles. The molecular weight excluding hydrogens is 679 g/mol. The average Bonchev–Trinajstić information content (AvgIpc) is 3.72. The Hall–Kier alpha value is -6.90. The van der Waals surface area contributed by atoms with Gasteiger partial charge in [0, 0.05) is 39.2 Å². The minimum absolute atomic E-state index is 0.149. The molecule has 266 valence electrons. The van der Waals surface area contributed by atoms with E-state index in [-0.39, 0.29) is 5.41 Å². The van der Waals surface area contributed by atoms with Crippen LogP contribution in [0.3, 0.4) is 0 Å². The van der Waals surface area contributed by atoms with Crippen molar-refractivity contribution >= 4 is 60.5 Å². The molecule has 2 nitrogen and oxygen atoms in total. The van der Waals surface area contributed by atoms with Crippen LogP contribution in [0.15, 0.2) is 186 Å². The Labute approximate surface area is 326 Å². The first kappa shape index (κ1) is 32.5. The lowest BCUT2D eigenvalue weighted by molar-refractivity contribution is 0.660. The van der Waals surface area contributed by atoms with E-state index < -0.39 is 0 Å². The minimum atomic E-state index is -0.149. The normalized spacial score (nSPS) is 13.1. The standard InChI is InChI=1S/C54H39NO/c1-34-29-39(38-24-23-35-13-4-5-15-37(35)30-38)31-48(43-20-12-16-36-14-6-7-17-42(36)43)53(34)55(41-26-28-47-46-19-9-11-22-51(46)56-52(47)33-41)40-25-27-45-44-18-8-10-21-49(44)54(2,3)50(45)32-40/h4-33H,1-3H3. The highest BCUT2D eigenvalue weighted by molar-refractivity contribution is 6.08. The first-order chi connectivity index (χ1) is 27.4. The van der Waals surface area contributed by atoms with Crippen LogP contribution < -0.4 is 4.90 Å². The van der Waals surface area contributed by atoms with Crippen LogP contribution >= 0.6 is 0 Å². The van der Waals surface area contributed by atoms with Crippen LogP contribution in [0.2, 0.25) is 0 Å². The SMILES string of the molecule is Cc1cc(-c2ccc3ccccc3c2)cc(-c2cccc3ccccc23)c1N(c1ccc2c(c1)C(C)(C)c1ccccc1-2)c1ccc2c(c1)oc1ccccc12. The maximum absolute atomic E-state index is 6.55. The van der Waals surface area contributed by atoms with E-state index in [1.54, 1.807) is 0 Å². The van der Waals surface area contributed by atoms with Gasteiger partial charge in [-0.2, -0.15) is 0 Å². The summed E-state index contributed by atoms with van der Waals surface area (Å²) >= 11 is 0. The molecule has 1 heterocycles. The van der Waals surface area contributed by atoms with Crippen molar-refractivity contribution in [3.8, 4) is 33.4 Å². The highest BCUT2D eigenvalue weighted by Crippen LogP contribution is 2.52. The van der Waals surface area contributed by atoms with E-state index in [2.05, 4.69) is 202 Å². The quantitative estimate of drug-likeness (QED) is 0.176. The molecule has 1 aliphatic rings. The Morgan fingerprint density at radius 2 is 1.07 bits per heavy atom. The maximum Gasteiger partial charge on any atom is 0.137 e. The zero-order valence-corrected chi connectivity index (χ0v) is 31.7. The summed E-state index contributed by atoms with van der Waals surface area (Å²) in [6.45, 7) is 6.99. The van der Waals surface area contributed by atoms with Gasteiger partial charge in [-0.05, 0) is 122 Å². The first-order valence-electron chi connectivity index (χ1n) is 19.5. The highest BCUT2D eigenvalue weighted by Gasteiger charge is 2.36. The number of fused-ring (bicyclic) bond motifs is 8. The third-order valence-corrected chi connectivity index (χ3v) is 12.1. The van der Waals surface area contributed by atoms with Gasteiger partial charge in [0.1, 0.15) is 11.2 Å². The van der Waals surface area contributed by atoms with Gasteiger partial charge in [0.15, 0.2) is 0 Å². The number of hydrogen-bond donors (Lipinski definition) is 0. The van der Waals surface area contributed by atoms with Crippen molar-refractivity contribution < 1.29 is 4.42 Å². The molecule has 56 heavy (non-hydrogen) atoms. The molecule has 1 aromatic heterocycles. The summed E-state index contributed by atoms with van der Waals surface area (Å²) in [5.41, 5.74) is 16.2. The number of hydrogen-bond acceptors (Lipinski definition) is 2. The third-order valence-electron chi connectivity index (χ3n) is 12.1. The minimum Gasteiger partial charge on any atom is -0.456 e. The molecule has 0 amide bonds. The lowest BCUT2D eigenvalue weighted by Gasteiger charge is -2.32. The molecule has 9 aromatic carbocycles. The molecule has 2 heteroatoms. The Balaban J connectivity index is 1.21. The van der Waals surface area contributed by atoms with Gasteiger partial charge in [-0.25, -0.2) is 0 Å². The zero-order chi connectivity index (χ0) is 37.5. The monoisotopic (exact) mass is 717 g/mol. The van der Waals surface area contributed by atoms with Crippen LogP contribution in [0, 0.1) is 6.92 Å². The molecule has 0 radical (unpaired) electrons. The Bertz CT molecular complexity index is 3190. The number of benzene rings is 9. The Morgan fingerprint density at radius 1 is 0.411 bits per heavy atom. The van der Waals surface area contributed by atoms with Crippen molar-refractivity contribution in [3.05, 3.63) is 199 Å². The molecule has 0 saturated heterocycles. The van der Waals surface area contributed by atoms with Crippen LogP contribution in [0.25, 0.3) is 76.9 Å². The molecule has 10 aromatic rings. The van der Waals surface area contributed by atoms with Gasteiger partial charge >= 0.3 is 0 Å². The Morgan fingerprint density at radius 3 is 1.96 bits per heavy atom. The lowest BCUT2D eigenvalue weighted by Crippen LogP contribution is -2.17. The summed E-state index contributed by atoms with van der Waals surface area (Å²) in [6.07, 6.45) is 0. The summed E-state index contributed by atoms with van der Waals surface area (Å²) in [6, 6.07) is 66.7. The molecule has 0 unspecified atom stereocenters. The van der Waals surface area contributed by atoms with Gasteiger partial charge in [0.25, 0.3) is 0 Å². The molecular formula is C54H39NO. The summed E-state index contributed by atoms with van der Waals surface area (Å²) in [5, 5.41) is 7.17. The van der Waals surface area contributed by atoms with E-state index in [0.29, 0.717) is 0 Å². The van der Waals surface area contributed by atoms with E-state index >= 15 is 0 Å². The summed E-state index contributed by atoms with van der Waals surface area (Å²) in [4.78, 5) is 2.47. The van der Waals surface area contributed by atoms with Gasteiger partial charge in [-0.15, -0.1) is 0 Å². The van der Waals surface area contributed by atoms with E-state index in [4.69, 9.17) is 4.42 Å². The van der Waals surface area contributed by atoms with Gasteiger partial charge in [-0.1, -0.05) is 141 Å². The number of anilines is 3. The number of rotatable bonds is 5. The molecule has 11 rings (SSSR count). The lowest BCUT2D eigenvalue weighted by atomic mass is 9.82. The van der Waals surface area contributed by atoms with Crippen LogP contribution in [0.5, 0.6) is 0 Å². The fourth-order valence-electron chi connectivity index (χ4n) is 9.37. The van der Waals surface area contributed by atoms with Gasteiger partial charge < -0.3 is 9.32 Å². The van der Waals surface area contributed by atoms with Crippen molar-refractivity contribution in [3.63, 3.8) is 0 Å². The molecule has 0 bridgehead atoms. The van der Waals surface area contributed by atoms with E-state index in [9.17, 15) is 0 Å². The number of nitrogens with zero attached hydrogens (tertiary/aromatic N) is 1. The highest BCUT2D eigenvalue weighted by atomic mass is 16.3. The largest absolute Gasteiger partial charge is 0.456 e. The van der Waals surface area contributed by atoms with Crippen molar-refractivity contribution in [2.75, 3.05) is 4.90 Å². The second-order valence-electron chi connectivity index (χ2n) is 15.8. The number of furan rings is 1. The van der Waals surface area contributed by atoms with E-state index in [1.807, 2.05) is 6.07 Å². The predicted octanol–water partition coefficient (Wildman–Crippen LogP) is 15.3. The van der Waals surface area contributed by atoms with Crippen LogP contribution in [-0.4, -0.2) is 0 Å². The summed E-state index contributed by atoms with van der Waals surface area (Å²) in [5.74, 6) is 0. The van der Waals surface area contributed by atoms with Crippen molar-refractivity contribution in [2.24, 2.45) is 0 Å². The summed E-state index contributed by atoms with van der Waals surface area (Å²) in [7, 11) is 0. The molecule has 0 N–H and O–H groups in total. The fraction of sp³-hybridized carbons (Fsp3) is 0.0741. The zero-order valence-electron chi connectivity index (χ0n) is 31.7. The third kappa shape index (κ3) is 4.96. The maximum atomic E-state index is 6.55. The van der Waals surface area contributed by atoms with Crippen LogP contribution in [0.1, 0.15) is 30.5 Å². The van der Waals surface area contributed by atoms with E-state index in [0.717, 1.165) is 39.0 Å². The second kappa shape index (κ2) is 12.3. The van der Waals surface area contributed by atoms with Crippen LogP contribution in [-0.2, 0) is 5.41 Å². The average molecular weight is 718 g/mol. The van der Waals surface area contributed by atoms with Crippen molar-refractivity contribution in [2.45, 2.75) is 26.2 Å². The molecule has 0 saturated carbocycles. The predicted molar refractivity (Wildman–Crippen MR) is 237 cm³/mol. The molecule has 0 atom stereocenters. The topological polar surface area (TPSA) is 16.4 Å². The van der Waals surface area contributed by atoms with Crippen molar-refractivity contribution in [1.29, 1.82) is 0 Å². The van der Waals surface area contributed by atoms with Gasteiger partial charge in [0.05, 0.1) is 5.69 Å². The number of para-hydroxylation sites is 1. The fourth-order valence-corrected chi connectivity index (χ4v) is 9.37. The first-order valence-corrected chi connectivity index (χ1v) is 19.5. The van der Waals surface area contributed by atoms with Crippen LogP contribution in [0.4, 0.5) is 17.1 Å². The molecule has 0 spiro atoms. The molecule has 0 aliphatic heterocycles.